The molecule has 47 heavy (non-hydrogen) atoms. The highest BCUT2D eigenvalue weighted by atomic mass is 16.6. The number of fused-ring (bicyclic) bond motifs is 1. The van der Waals surface area contributed by atoms with E-state index in [2.05, 4.69) is 5.32 Å². The number of phenols is 1. The van der Waals surface area contributed by atoms with Crippen molar-refractivity contribution in [3.05, 3.63) is 63.9 Å². The Morgan fingerprint density at radius 3 is 2.32 bits per heavy atom. The number of carbonyl (C=O) groups excluding carboxylic acids is 3. The number of hydroxylamine groups is 3. The van der Waals surface area contributed by atoms with Gasteiger partial charge >= 0.3 is 12.1 Å². The normalized spacial score (nSPS) is 21.4. The number of benzene rings is 2. The van der Waals surface area contributed by atoms with Crippen LogP contribution < -0.4 is 5.32 Å². The second-order valence-electron chi connectivity index (χ2n) is 13.5. The fraction of sp³-hybridized carbons (Fsp3) is 0.571. The molecule has 12 nitrogen and oxygen atoms in total. The van der Waals surface area contributed by atoms with Crippen molar-refractivity contribution >= 4 is 23.7 Å². The molecular weight excluding hydrogens is 602 g/mol. The van der Waals surface area contributed by atoms with Gasteiger partial charge in [-0.2, -0.15) is 0 Å². The van der Waals surface area contributed by atoms with E-state index in [9.17, 15) is 24.7 Å². The first-order chi connectivity index (χ1) is 22.6. The molecule has 4 amide bonds. The lowest BCUT2D eigenvalue weighted by atomic mass is 9.98. The Kier molecular flexibility index (Phi) is 9.90. The molecule has 4 aliphatic heterocycles. The van der Waals surface area contributed by atoms with Gasteiger partial charge in [-0.05, 0) is 61.4 Å². The minimum absolute atomic E-state index is 0.00605. The van der Waals surface area contributed by atoms with E-state index < -0.39 is 12.2 Å². The second-order valence-corrected chi connectivity index (χ2v) is 13.5. The third-order valence-electron chi connectivity index (χ3n) is 10.5. The van der Waals surface area contributed by atoms with E-state index in [1.807, 2.05) is 41.3 Å². The molecule has 4 heterocycles. The first-order valence-electron chi connectivity index (χ1n) is 17.0. The number of phenolic OH excluding ortho intramolecular Hbond substituents is 1. The molecule has 0 spiro atoms. The number of aromatic hydroxyl groups is 1. The fourth-order valence-corrected chi connectivity index (χ4v) is 7.63. The van der Waals surface area contributed by atoms with Crippen LogP contribution in [0.25, 0.3) is 0 Å². The van der Waals surface area contributed by atoms with Gasteiger partial charge < -0.3 is 44.5 Å². The molecule has 0 aliphatic carbocycles. The predicted molar refractivity (Wildman–Crippen MR) is 176 cm³/mol. The fourth-order valence-electron chi connectivity index (χ4n) is 7.63. The third-order valence-corrected chi connectivity index (χ3v) is 10.5. The molecule has 3 fully saturated rings. The van der Waals surface area contributed by atoms with E-state index in [0.29, 0.717) is 95.8 Å². The van der Waals surface area contributed by atoms with Crippen LogP contribution in [0.5, 0.6) is 5.75 Å². The van der Waals surface area contributed by atoms with E-state index in [-0.39, 0.29) is 40.8 Å². The third kappa shape index (κ3) is 7.34. The number of hydrogen-bond acceptors (Lipinski definition) is 7. The smallest absolute Gasteiger partial charge is 0.410 e. The zero-order valence-electron chi connectivity index (χ0n) is 27.5. The number of anilines is 1. The summed E-state index contributed by atoms with van der Waals surface area (Å²) in [7, 11) is 0. The molecule has 0 radical (unpaired) electrons. The van der Waals surface area contributed by atoms with Crippen molar-refractivity contribution in [2.75, 3.05) is 64.3 Å². The zero-order chi connectivity index (χ0) is 33.1. The quantitative estimate of drug-likeness (QED) is 0.358. The zero-order valence-corrected chi connectivity index (χ0v) is 27.5. The lowest BCUT2D eigenvalue weighted by molar-refractivity contribution is -0.914. The van der Waals surface area contributed by atoms with Crippen LogP contribution in [0.2, 0.25) is 0 Å². The predicted octanol–water partition coefficient (Wildman–Crippen LogP) is 3.95. The highest BCUT2D eigenvalue weighted by Gasteiger charge is 2.39. The van der Waals surface area contributed by atoms with Gasteiger partial charge in [-0.25, -0.2) is 9.59 Å². The van der Waals surface area contributed by atoms with Crippen LogP contribution in [0.3, 0.4) is 0 Å². The summed E-state index contributed by atoms with van der Waals surface area (Å²) >= 11 is 0. The SMILES string of the molecule is Cc1cc(CC(OC(=O)N2CCC(N3CCc4ccccc4NC3=O)CC2)C(=O)N2CCC([N+]3([O-])CCOCC3)CC2)cc(C)c1O. The summed E-state index contributed by atoms with van der Waals surface area (Å²) in [5.41, 5.74) is 4.13. The number of rotatable bonds is 6. The van der Waals surface area contributed by atoms with Crippen molar-refractivity contribution in [1.29, 1.82) is 0 Å². The van der Waals surface area contributed by atoms with Crippen molar-refractivity contribution in [1.82, 2.24) is 14.7 Å². The molecule has 0 aromatic heterocycles. The van der Waals surface area contributed by atoms with Gasteiger partial charge in [0, 0.05) is 63.7 Å². The highest BCUT2D eigenvalue weighted by Crippen LogP contribution is 2.29. The Morgan fingerprint density at radius 1 is 1.00 bits per heavy atom. The van der Waals surface area contributed by atoms with Crippen LogP contribution in [0.1, 0.15) is 47.9 Å². The maximum Gasteiger partial charge on any atom is 0.410 e. The van der Waals surface area contributed by atoms with Gasteiger partial charge in [0.05, 0.1) is 19.3 Å². The number of piperidine rings is 2. The monoisotopic (exact) mass is 649 g/mol. The summed E-state index contributed by atoms with van der Waals surface area (Å²) in [6, 6.07) is 11.3. The minimum Gasteiger partial charge on any atom is -0.632 e. The molecule has 2 aromatic rings. The Hall–Kier alpha value is -3.87. The number of likely N-dealkylation sites (tertiary alicyclic amines) is 2. The number of amides is 4. The highest BCUT2D eigenvalue weighted by molar-refractivity contribution is 5.91. The van der Waals surface area contributed by atoms with Gasteiger partial charge in [0.2, 0.25) is 0 Å². The van der Waals surface area contributed by atoms with Gasteiger partial charge in [0.15, 0.2) is 6.10 Å². The van der Waals surface area contributed by atoms with E-state index >= 15 is 0 Å². The standard InChI is InChI=1S/C35H47N5O7/c1-24-21-26(22-25(2)32(24)41)23-31(33(42)37-14-10-29(11-15-37)40(45)17-19-46-20-18-40)47-35(44)38-12-8-28(9-13-38)39-16-7-27-5-3-4-6-30(27)36-34(39)43/h3-6,21-22,28-29,31,41H,7-20,23H2,1-2H3,(H,36,43). The number of nitrogens with one attached hydrogen (secondary N) is 1. The summed E-state index contributed by atoms with van der Waals surface area (Å²) in [6.07, 6.45) is 1.76. The number of nitrogens with zero attached hydrogens (tertiary/aromatic N) is 4. The Morgan fingerprint density at radius 2 is 1.64 bits per heavy atom. The number of morpholine rings is 1. The Labute approximate surface area is 276 Å². The van der Waals surface area contributed by atoms with Crippen LogP contribution in [0.15, 0.2) is 36.4 Å². The van der Waals surface area contributed by atoms with Gasteiger partial charge in [-0.15, -0.1) is 0 Å². The van der Waals surface area contributed by atoms with Crippen molar-refractivity contribution in [3.63, 3.8) is 0 Å². The van der Waals surface area contributed by atoms with Crippen LogP contribution >= 0.6 is 0 Å². The maximum absolute atomic E-state index is 14.0. The number of urea groups is 1. The summed E-state index contributed by atoms with van der Waals surface area (Å²) in [4.78, 5) is 45.8. The Balaban J connectivity index is 1.09. The molecule has 0 bridgehead atoms. The summed E-state index contributed by atoms with van der Waals surface area (Å²) in [6.45, 7) is 7.70. The lowest BCUT2D eigenvalue weighted by Crippen LogP contribution is -2.60. The minimum atomic E-state index is -1.05. The molecular formula is C35H47N5O7. The van der Waals surface area contributed by atoms with Crippen molar-refractivity contribution in [2.24, 2.45) is 0 Å². The van der Waals surface area contributed by atoms with Gasteiger partial charge in [-0.3, -0.25) is 4.79 Å². The molecule has 2 N–H and O–H groups in total. The van der Waals surface area contributed by atoms with Gasteiger partial charge in [0.1, 0.15) is 18.8 Å². The summed E-state index contributed by atoms with van der Waals surface area (Å²) < 4.78 is 11.1. The number of para-hydroxylation sites is 1. The van der Waals surface area contributed by atoms with E-state index in [4.69, 9.17) is 9.47 Å². The molecule has 6 rings (SSSR count). The average molecular weight is 650 g/mol. The molecule has 2 aromatic carbocycles. The van der Waals surface area contributed by atoms with Crippen LogP contribution in [0, 0.1) is 19.1 Å². The number of quaternary nitrogens is 1. The second kappa shape index (κ2) is 14.1. The van der Waals surface area contributed by atoms with Crippen molar-refractivity contribution < 1.29 is 33.6 Å². The molecule has 1 atom stereocenters. The van der Waals surface area contributed by atoms with Crippen LogP contribution in [-0.4, -0.2) is 120 Å². The van der Waals surface area contributed by atoms with Crippen molar-refractivity contribution in [2.45, 2.75) is 70.6 Å². The first kappa shape index (κ1) is 33.0. The molecule has 1 unspecified atom stereocenters. The molecule has 0 saturated carbocycles. The molecule has 12 heteroatoms. The maximum atomic E-state index is 14.0. The number of ether oxygens (including phenoxy) is 2. The van der Waals surface area contributed by atoms with Crippen molar-refractivity contribution in [3.8, 4) is 5.75 Å². The molecule has 3 saturated heterocycles. The van der Waals surface area contributed by atoms with Crippen LogP contribution in [0.4, 0.5) is 15.3 Å². The van der Waals surface area contributed by atoms with E-state index in [1.165, 1.54) is 0 Å². The van der Waals surface area contributed by atoms with Gasteiger partial charge in [0.25, 0.3) is 5.91 Å². The number of aryl methyl sites for hydroxylation is 2. The number of hydrogen-bond donors (Lipinski definition) is 2. The van der Waals surface area contributed by atoms with Gasteiger partial charge in [-0.1, -0.05) is 30.3 Å². The van der Waals surface area contributed by atoms with E-state index in [1.54, 1.807) is 23.6 Å². The van der Waals surface area contributed by atoms with Crippen LogP contribution in [-0.2, 0) is 27.1 Å². The first-order valence-corrected chi connectivity index (χ1v) is 17.0. The number of carbonyl (C=O) groups is 3. The topological polar surface area (TPSA) is 135 Å². The lowest BCUT2D eigenvalue weighted by Gasteiger charge is -2.52. The molecule has 254 valence electrons. The van der Waals surface area contributed by atoms with E-state index in [0.717, 1.165) is 23.2 Å². The summed E-state index contributed by atoms with van der Waals surface area (Å²) in [5.74, 6) is -0.0615. The Bertz CT molecular complexity index is 1440. The summed E-state index contributed by atoms with van der Waals surface area (Å²) in [5, 5.41) is 26.7. The average Bonchev–Trinajstić information content (AvgIpc) is 3.25. The molecule has 4 aliphatic rings. The largest absolute Gasteiger partial charge is 0.632 e.